The fourth-order valence-electron chi connectivity index (χ4n) is 4.14. The van der Waals surface area contributed by atoms with Crippen molar-refractivity contribution in [3.8, 4) is 5.75 Å². The van der Waals surface area contributed by atoms with Crippen LogP contribution in [0.1, 0.15) is 13.8 Å². The fraction of sp³-hybridized carbons (Fsp3) is 0.208. The first kappa shape index (κ1) is 23.8. The Morgan fingerprint density at radius 3 is 2.64 bits per heavy atom. The number of nitro groups is 1. The zero-order valence-corrected chi connectivity index (χ0v) is 21.5. The first-order valence-electron chi connectivity index (χ1n) is 11.0. The van der Waals surface area contributed by atoms with Crippen molar-refractivity contribution >= 4 is 62.4 Å². The molecule has 0 bridgehead atoms. The molecule has 5 rings (SSSR count). The molecule has 2 aromatic carbocycles. The lowest BCUT2D eigenvalue weighted by Crippen LogP contribution is -2.35. The topological polar surface area (TPSA) is 110 Å². The Hall–Kier alpha value is -3.90. The first-order chi connectivity index (χ1) is 17.2. The summed E-state index contributed by atoms with van der Waals surface area (Å²) in [6.07, 6.45) is 0. The lowest BCUT2D eigenvalue weighted by molar-refractivity contribution is -0.384. The number of hydrogen-bond acceptors (Lipinski definition) is 9. The quantitative estimate of drug-likeness (QED) is 0.382. The maximum atomic E-state index is 13.5. The van der Waals surface area contributed by atoms with E-state index in [-0.39, 0.29) is 16.9 Å². The number of carbonyl (C=O) groups excluding carboxylic acids is 1. The lowest BCUT2D eigenvalue weighted by Gasteiger charge is -2.13. The summed E-state index contributed by atoms with van der Waals surface area (Å²) in [5, 5.41) is 17.5. The summed E-state index contributed by atoms with van der Waals surface area (Å²) >= 11 is 2.74. The Bertz CT molecular complexity index is 1660. The largest absolute Gasteiger partial charge is 0.497 e. The van der Waals surface area contributed by atoms with Gasteiger partial charge in [-0.25, -0.2) is 0 Å². The normalized spacial score (nSPS) is 18.0. The van der Waals surface area contributed by atoms with Crippen molar-refractivity contribution in [3.05, 3.63) is 72.1 Å². The monoisotopic (exact) mass is 523 g/mol. The number of rotatable bonds is 4. The summed E-state index contributed by atoms with van der Waals surface area (Å²) in [6, 6.07) is 11.5. The number of thiazole rings is 1. The molecular formula is C24H21N5O5S2. The van der Waals surface area contributed by atoms with Crippen molar-refractivity contribution in [3.63, 3.8) is 0 Å². The average molecular weight is 524 g/mol. The van der Waals surface area contributed by atoms with Gasteiger partial charge in [0.05, 0.1) is 34.7 Å². The van der Waals surface area contributed by atoms with Crippen LogP contribution in [0, 0.1) is 10.1 Å². The number of amides is 1. The number of carbonyl (C=O) groups is 1. The molecule has 0 fully saturated rings. The molecule has 0 unspecified atom stereocenters. The molecule has 12 heteroatoms. The molecule has 36 heavy (non-hydrogen) atoms. The highest BCUT2D eigenvalue weighted by Gasteiger charge is 2.33. The average Bonchev–Trinajstić information content (AvgIpc) is 3.48. The number of aromatic nitrogens is 1. The minimum atomic E-state index is -0.522. The van der Waals surface area contributed by atoms with Crippen LogP contribution in [0.2, 0.25) is 0 Å². The van der Waals surface area contributed by atoms with Crippen LogP contribution >= 0.6 is 23.1 Å². The van der Waals surface area contributed by atoms with Gasteiger partial charge in [-0.05, 0) is 32.0 Å². The highest BCUT2D eigenvalue weighted by atomic mass is 32.2. The van der Waals surface area contributed by atoms with Crippen LogP contribution in [0.25, 0.3) is 10.6 Å². The zero-order valence-electron chi connectivity index (χ0n) is 19.8. The molecule has 2 aliphatic rings. The third-order valence-corrected chi connectivity index (χ3v) is 8.51. The van der Waals surface area contributed by atoms with Gasteiger partial charge in [0, 0.05) is 36.7 Å². The van der Waals surface area contributed by atoms with Gasteiger partial charge in [-0.2, -0.15) is 10.1 Å². The van der Waals surface area contributed by atoms with E-state index >= 15 is 0 Å². The molecule has 1 aromatic heterocycles. The molecule has 10 nitrogen and oxygen atoms in total. The number of non-ortho nitro benzene ring substituents is 1. The van der Waals surface area contributed by atoms with Gasteiger partial charge in [0.2, 0.25) is 0 Å². The molecule has 0 N–H and O–H groups in total. The van der Waals surface area contributed by atoms with E-state index in [1.807, 2.05) is 37.1 Å². The summed E-state index contributed by atoms with van der Waals surface area (Å²) in [5.74, 6) is 0.286. The van der Waals surface area contributed by atoms with Gasteiger partial charge < -0.3 is 9.64 Å². The molecule has 1 amide bonds. The van der Waals surface area contributed by atoms with Crippen molar-refractivity contribution in [1.82, 2.24) is 4.57 Å². The molecule has 184 valence electrons. The Balaban J connectivity index is 1.67. The fourth-order valence-corrected chi connectivity index (χ4v) is 6.72. The van der Waals surface area contributed by atoms with Gasteiger partial charge in [0.15, 0.2) is 0 Å². The van der Waals surface area contributed by atoms with E-state index in [4.69, 9.17) is 4.74 Å². The van der Waals surface area contributed by atoms with E-state index in [1.165, 1.54) is 41.3 Å². The number of anilines is 2. The van der Waals surface area contributed by atoms with E-state index in [2.05, 4.69) is 5.10 Å². The van der Waals surface area contributed by atoms with Crippen molar-refractivity contribution in [2.24, 2.45) is 5.10 Å². The van der Waals surface area contributed by atoms with Gasteiger partial charge in [-0.3, -0.25) is 24.3 Å². The minimum absolute atomic E-state index is 0.139. The molecule has 0 aliphatic carbocycles. The van der Waals surface area contributed by atoms with E-state index in [1.54, 1.807) is 24.7 Å². The van der Waals surface area contributed by atoms with E-state index < -0.39 is 10.8 Å². The molecule has 0 spiro atoms. The molecular weight excluding hydrogens is 502 g/mol. The minimum Gasteiger partial charge on any atom is -0.497 e. The van der Waals surface area contributed by atoms with Crippen LogP contribution in [-0.4, -0.2) is 35.3 Å². The third kappa shape index (κ3) is 3.69. The highest BCUT2D eigenvalue weighted by molar-refractivity contribution is 8.08. The summed E-state index contributed by atoms with van der Waals surface area (Å²) in [6.45, 7) is 3.91. The Morgan fingerprint density at radius 1 is 1.17 bits per heavy atom. The van der Waals surface area contributed by atoms with Crippen molar-refractivity contribution in [2.75, 3.05) is 24.1 Å². The number of hydrazone groups is 1. The lowest BCUT2D eigenvalue weighted by atomic mass is 10.2. The summed E-state index contributed by atoms with van der Waals surface area (Å²) in [7, 11) is 3.50. The van der Waals surface area contributed by atoms with Gasteiger partial charge >= 0.3 is 0 Å². The number of hydrogen-bond donors (Lipinski definition) is 0. The molecule has 0 saturated carbocycles. The maximum Gasteiger partial charge on any atom is 0.283 e. The van der Waals surface area contributed by atoms with Crippen LogP contribution in [0.4, 0.5) is 17.1 Å². The van der Waals surface area contributed by atoms with Gasteiger partial charge in [-0.1, -0.05) is 17.8 Å². The van der Waals surface area contributed by atoms with E-state index in [0.29, 0.717) is 27.0 Å². The van der Waals surface area contributed by atoms with Crippen LogP contribution < -0.4 is 29.4 Å². The second-order valence-electron chi connectivity index (χ2n) is 8.04. The standard InChI is InChI=1S/C24H21N5O5S2/c1-5-27-22(31)20(24-26(3)17-12-16(34-4)9-10-18(17)35-24)36-23(27)19-13(2)25-28(21(19)30)14-7-6-8-15(11-14)29(32)33/h6-12H,5H2,1-4H3. The van der Waals surface area contributed by atoms with Gasteiger partial charge in [-0.15, -0.1) is 11.3 Å². The number of methoxy groups -OCH3 is 1. The summed E-state index contributed by atoms with van der Waals surface area (Å²) < 4.78 is 7.95. The first-order valence-corrected chi connectivity index (χ1v) is 12.6. The second-order valence-corrected chi connectivity index (χ2v) is 10.1. The van der Waals surface area contributed by atoms with Crippen LogP contribution in [0.15, 0.2) is 57.3 Å². The third-order valence-electron chi connectivity index (χ3n) is 5.95. The summed E-state index contributed by atoms with van der Waals surface area (Å²) in [5.41, 5.74) is 1.64. The van der Waals surface area contributed by atoms with Crippen molar-refractivity contribution in [1.29, 1.82) is 0 Å². The number of nitro benzene ring substituents is 1. The highest BCUT2D eigenvalue weighted by Crippen LogP contribution is 2.46. The van der Waals surface area contributed by atoms with E-state index in [0.717, 1.165) is 26.4 Å². The molecule has 3 heterocycles. The molecule has 2 aliphatic heterocycles. The number of benzene rings is 2. The Labute approximate surface area is 213 Å². The summed E-state index contributed by atoms with van der Waals surface area (Å²) in [4.78, 5) is 40.6. The smallest absolute Gasteiger partial charge is 0.283 e. The molecule has 0 atom stereocenters. The van der Waals surface area contributed by atoms with E-state index in [9.17, 15) is 19.7 Å². The van der Waals surface area contributed by atoms with Gasteiger partial charge in [0.25, 0.3) is 17.2 Å². The predicted octanol–water partition coefficient (Wildman–Crippen LogP) is 2.73. The molecule has 0 radical (unpaired) electrons. The number of nitrogens with zero attached hydrogens (tertiary/aromatic N) is 5. The van der Waals surface area contributed by atoms with Crippen LogP contribution in [0.5, 0.6) is 5.75 Å². The van der Waals surface area contributed by atoms with Crippen molar-refractivity contribution < 1.29 is 14.5 Å². The Kier molecular flexibility index (Phi) is 5.92. The van der Waals surface area contributed by atoms with Crippen LogP contribution in [-0.2, 0) is 11.3 Å². The zero-order chi connectivity index (χ0) is 25.7. The Morgan fingerprint density at radius 2 is 1.94 bits per heavy atom. The van der Waals surface area contributed by atoms with Crippen LogP contribution in [0.3, 0.4) is 0 Å². The maximum absolute atomic E-state index is 13.5. The van der Waals surface area contributed by atoms with Crippen molar-refractivity contribution in [2.45, 2.75) is 25.3 Å². The SMILES string of the molecule is CCn1c(=C2C(=O)N(c3cccc([N+](=O)[O-])c3)N=C2C)sc(=C2Sc3ccc(OC)cc3N2C)c1=O. The number of ether oxygens (including phenoxy) is 1. The predicted molar refractivity (Wildman–Crippen MR) is 141 cm³/mol. The molecule has 3 aromatic rings. The molecule has 0 saturated heterocycles. The number of thioether (sulfide) groups is 1. The van der Waals surface area contributed by atoms with Gasteiger partial charge in [0.1, 0.15) is 20.0 Å². The number of fused-ring (bicyclic) bond motifs is 1. The second kappa shape index (κ2) is 8.95.